The standard InChI is InChI=1S/C12H12N2O3/c1-17-10-5-3-9(4-6-10)11(12(15)16)14-8-2-7-13-14/h2-8,11H,1H3,(H,15,16)/t11-/m0/s1. The van der Waals surface area contributed by atoms with E-state index in [0.29, 0.717) is 11.3 Å². The molecule has 0 fully saturated rings. The molecule has 0 saturated heterocycles. The summed E-state index contributed by atoms with van der Waals surface area (Å²) >= 11 is 0. The first-order valence-corrected chi connectivity index (χ1v) is 5.08. The Bertz CT molecular complexity index is 491. The van der Waals surface area contributed by atoms with E-state index in [1.54, 1.807) is 49.8 Å². The van der Waals surface area contributed by atoms with Crippen molar-refractivity contribution in [2.75, 3.05) is 7.11 Å². The molecule has 5 heteroatoms. The Balaban J connectivity index is 2.36. The Morgan fingerprint density at radius 3 is 2.59 bits per heavy atom. The summed E-state index contributed by atoms with van der Waals surface area (Å²) in [5.41, 5.74) is 0.655. The number of methoxy groups -OCH3 is 1. The number of nitrogens with zero attached hydrogens (tertiary/aromatic N) is 2. The first-order chi connectivity index (χ1) is 8.22. The summed E-state index contributed by atoms with van der Waals surface area (Å²) in [5.74, 6) is -0.253. The summed E-state index contributed by atoms with van der Waals surface area (Å²) in [7, 11) is 1.57. The van der Waals surface area contributed by atoms with E-state index in [-0.39, 0.29) is 0 Å². The Hall–Kier alpha value is -2.30. The summed E-state index contributed by atoms with van der Waals surface area (Å²) < 4.78 is 6.44. The quantitative estimate of drug-likeness (QED) is 0.868. The summed E-state index contributed by atoms with van der Waals surface area (Å²) in [4.78, 5) is 11.3. The van der Waals surface area contributed by atoms with E-state index in [0.717, 1.165) is 0 Å². The van der Waals surface area contributed by atoms with E-state index in [4.69, 9.17) is 4.74 Å². The molecule has 0 bridgehead atoms. The number of carboxylic acid groups (broad SMARTS) is 1. The van der Waals surface area contributed by atoms with E-state index in [1.165, 1.54) is 4.68 Å². The molecule has 2 aromatic rings. The van der Waals surface area contributed by atoms with Crippen LogP contribution in [0.3, 0.4) is 0 Å². The van der Waals surface area contributed by atoms with Gasteiger partial charge in [-0.05, 0) is 23.8 Å². The van der Waals surface area contributed by atoms with Crippen molar-refractivity contribution in [3.8, 4) is 5.75 Å². The smallest absolute Gasteiger partial charge is 0.333 e. The Labute approximate surface area is 98.3 Å². The van der Waals surface area contributed by atoms with E-state index >= 15 is 0 Å². The van der Waals surface area contributed by atoms with Crippen LogP contribution in [0.25, 0.3) is 0 Å². The van der Waals surface area contributed by atoms with Crippen molar-refractivity contribution in [3.63, 3.8) is 0 Å². The number of ether oxygens (including phenoxy) is 1. The van der Waals surface area contributed by atoms with Gasteiger partial charge in [-0.25, -0.2) is 4.79 Å². The maximum Gasteiger partial charge on any atom is 0.333 e. The highest BCUT2D eigenvalue weighted by Crippen LogP contribution is 2.20. The summed E-state index contributed by atoms with van der Waals surface area (Å²) in [6.07, 6.45) is 3.18. The topological polar surface area (TPSA) is 64.3 Å². The molecule has 1 N–H and O–H groups in total. The Kier molecular flexibility index (Phi) is 3.09. The average Bonchev–Trinajstić information content (AvgIpc) is 2.83. The third-order valence-electron chi connectivity index (χ3n) is 2.45. The summed E-state index contributed by atoms with van der Waals surface area (Å²) in [5, 5.41) is 13.2. The predicted octanol–water partition coefficient (Wildman–Crippen LogP) is 1.57. The molecule has 0 radical (unpaired) electrons. The number of carboxylic acids is 1. The second-order valence-electron chi connectivity index (χ2n) is 3.50. The van der Waals surface area contributed by atoms with Crippen LogP contribution in [0.2, 0.25) is 0 Å². The number of carbonyl (C=O) groups is 1. The molecule has 0 aliphatic heterocycles. The van der Waals surface area contributed by atoms with Crippen LogP contribution >= 0.6 is 0 Å². The van der Waals surface area contributed by atoms with Gasteiger partial charge in [0.25, 0.3) is 0 Å². The maximum absolute atomic E-state index is 11.3. The zero-order valence-electron chi connectivity index (χ0n) is 9.28. The van der Waals surface area contributed by atoms with Crippen molar-refractivity contribution in [1.29, 1.82) is 0 Å². The molecule has 1 heterocycles. The van der Waals surface area contributed by atoms with Crippen molar-refractivity contribution in [2.45, 2.75) is 6.04 Å². The Morgan fingerprint density at radius 2 is 2.12 bits per heavy atom. The molecule has 1 aromatic heterocycles. The summed E-state index contributed by atoms with van der Waals surface area (Å²) in [6, 6.07) is 7.79. The molecule has 17 heavy (non-hydrogen) atoms. The molecule has 88 valence electrons. The number of hydrogen-bond donors (Lipinski definition) is 1. The van der Waals surface area contributed by atoms with Crippen LogP contribution in [0.15, 0.2) is 42.7 Å². The van der Waals surface area contributed by atoms with Gasteiger partial charge in [0.05, 0.1) is 7.11 Å². The van der Waals surface area contributed by atoms with Crippen molar-refractivity contribution in [2.24, 2.45) is 0 Å². The first-order valence-electron chi connectivity index (χ1n) is 5.08. The van der Waals surface area contributed by atoms with Crippen molar-refractivity contribution >= 4 is 5.97 Å². The number of aliphatic carboxylic acids is 1. The molecular weight excluding hydrogens is 220 g/mol. The molecule has 0 amide bonds. The molecule has 5 nitrogen and oxygen atoms in total. The van der Waals surface area contributed by atoms with Crippen LogP contribution < -0.4 is 4.74 Å². The van der Waals surface area contributed by atoms with Crippen LogP contribution in [0.1, 0.15) is 11.6 Å². The number of aromatic nitrogens is 2. The predicted molar refractivity (Wildman–Crippen MR) is 61.0 cm³/mol. The van der Waals surface area contributed by atoms with E-state index in [1.807, 2.05) is 0 Å². The molecule has 0 saturated carbocycles. The van der Waals surface area contributed by atoms with E-state index in [2.05, 4.69) is 5.10 Å². The molecule has 0 spiro atoms. The van der Waals surface area contributed by atoms with Crippen molar-refractivity contribution < 1.29 is 14.6 Å². The van der Waals surface area contributed by atoms with Crippen molar-refractivity contribution in [1.82, 2.24) is 9.78 Å². The second-order valence-corrected chi connectivity index (χ2v) is 3.50. The van der Waals surface area contributed by atoms with Gasteiger partial charge in [-0.3, -0.25) is 4.68 Å². The minimum atomic E-state index is -0.945. The molecule has 2 rings (SSSR count). The maximum atomic E-state index is 11.3. The van der Waals surface area contributed by atoms with Crippen LogP contribution in [0, 0.1) is 0 Å². The lowest BCUT2D eigenvalue weighted by molar-refractivity contribution is -0.139. The lowest BCUT2D eigenvalue weighted by Crippen LogP contribution is -2.20. The molecule has 0 unspecified atom stereocenters. The van der Waals surface area contributed by atoms with E-state index in [9.17, 15) is 9.90 Å². The molecule has 1 atom stereocenters. The number of hydrogen-bond acceptors (Lipinski definition) is 3. The minimum Gasteiger partial charge on any atom is -0.497 e. The lowest BCUT2D eigenvalue weighted by Gasteiger charge is -2.13. The van der Waals surface area contributed by atoms with E-state index < -0.39 is 12.0 Å². The van der Waals surface area contributed by atoms with Gasteiger partial charge >= 0.3 is 5.97 Å². The molecule has 0 aliphatic rings. The summed E-state index contributed by atoms with van der Waals surface area (Å²) in [6.45, 7) is 0. The zero-order chi connectivity index (χ0) is 12.3. The largest absolute Gasteiger partial charge is 0.497 e. The number of benzene rings is 1. The van der Waals surface area contributed by atoms with Crippen LogP contribution in [0.4, 0.5) is 0 Å². The SMILES string of the molecule is COc1ccc([C@@H](C(=O)O)n2cccn2)cc1. The van der Waals surface area contributed by atoms with Crippen LogP contribution in [-0.4, -0.2) is 28.0 Å². The molecule has 1 aromatic carbocycles. The fourth-order valence-corrected chi connectivity index (χ4v) is 1.63. The van der Waals surface area contributed by atoms with Crippen LogP contribution in [-0.2, 0) is 4.79 Å². The van der Waals surface area contributed by atoms with Gasteiger partial charge < -0.3 is 9.84 Å². The van der Waals surface area contributed by atoms with Crippen LogP contribution in [0.5, 0.6) is 5.75 Å². The highest BCUT2D eigenvalue weighted by molar-refractivity contribution is 5.75. The monoisotopic (exact) mass is 232 g/mol. The highest BCUT2D eigenvalue weighted by Gasteiger charge is 2.21. The fourth-order valence-electron chi connectivity index (χ4n) is 1.63. The minimum absolute atomic E-state index is 0.655. The van der Waals surface area contributed by atoms with Gasteiger partial charge in [-0.15, -0.1) is 0 Å². The fraction of sp³-hybridized carbons (Fsp3) is 0.167. The van der Waals surface area contributed by atoms with Gasteiger partial charge in [0.1, 0.15) is 5.75 Å². The zero-order valence-corrected chi connectivity index (χ0v) is 9.28. The molecular formula is C12H12N2O3. The van der Waals surface area contributed by atoms with Gasteiger partial charge in [0.2, 0.25) is 0 Å². The van der Waals surface area contributed by atoms with Gasteiger partial charge in [-0.2, -0.15) is 5.10 Å². The van der Waals surface area contributed by atoms with Crippen molar-refractivity contribution in [3.05, 3.63) is 48.3 Å². The average molecular weight is 232 g/mol. The third-order valence-corrected chi connectivity index (χ3v) is 2.45. The van der Waals surface area contributed by atoms with Gasteiger partial charge in [0.15, 0.2) is 6.04 Å². The Morgan fingerprint density at radius 1 is 1.41 bits per heavy atom. The number of rotatable bonds is 4. The lowest BCUT2D eigenvalue weighted by atomic mass is 10.1. The normalized spacial score (nSPS) is 12.1. The molecule has 0 aliphatic carbocycles. The second kappa shape index (κ2) is 4.69. The van der Waals surface area contributed by atoms with Gasteiger partial charge in [0, 0.05) is 12.4 Å². The van der Waals surface area contributed by atoms with Gasteiger partial charge in [-0.1, -0.05) is 12.1 Å². The first kappa shape index (κ1) is 11.2. The third kappa shape index (κ3) is 2.28. The highest BCUT2D eigenvalue weighted by atomic mass is 16.5.